The Hall–Kier alpha value is -2.97. The van der Waals surface area contributed by atoms with Crippen LogP contribution in [0.25, 0.3) is 6.08 Å². The summed E-state index contributed by atoms with van der Waals surface area (Å²) in [5, 5.41) is 22.0. The summed E-state index contributed by atoms with van der Waals surface area (Å²) in [5.41, 5.74) is 1.73. The Balaban J connectivity index is 2.29. The Morgan fingerprint density at radius 3 is 2.79 bits per heavy atom. The number of hydrogen-bond donors (Lipinski definition) is 2. The van der Waals surface area contributed by atoms with Gasteiger partial charge in [0.1, 0.15) is 11.6 Å². The molecule has 0 saturated carbocycles. The van der Waals surface area contributed by atoms with Crippen LogP contribution in [0.1, 0.15) is 11.1 Å². The van der Waals surface area contributed by atoms with Crippen molar-refractivity contribution in [2.45, 2.75) is 6.92 Å². The number of nitrogens with zero attached hydrogens (tertiary/aromatic N) is 1. The Kier molecular flexibility index (Phi) is 5.46. The molecule has 0 aliphatic heterocycles. The van der Waals surface area contributed by atoms with Crippen LogP contribution in [0, 0.1) is 18.3 Å². The average molecular weight is 343 g/mol. The van der Waals surface area contributed by atoms with Crippen LogP contribution < -0.4 is 10.1 Å². The number of carbonyl (C=O) groups excluding carboxylic acids is 1. The Morgan fingerprint density at radius 1 is 1.38 bits per heavy atom. The van der Waals surface area contributed by atoms with Crippen molar-refractivity contribution < 1.29 is 14.6 Å². The maximum Gasteiger partial charge on any atom is 0.266 e. The molecule has 122 valence electrons. The number of amides is 1. The lowest BCUT2D eigenvalue weighted by Crippen LogP contribution is -2.14. The number of hydrogen-bond acceptors (Lipinski definition) is 4. The van der Waals surface area contributed by atoms with E-state index in [9.17, 15) is 15.2 Å². The largest absolute Gasteiger partial charge is 0.504 e. The van der Waals surface area contributed by atoms with Gasteiger partial charge < -0.3 is 15.2 Å². The predicted octanol–water partition coefficient (Wildman–Crippen LogP) is 3.91. The number of halogens is 1. The number of rotatable bonds is 4. The number of phenolic OH excluding ortho intramolecular Hbond substituents is 1. The van der Waals surface area contributed by atoms with Crippen molar-refractivity contribution in [3.05, 3.63) is 58.1 Å². The third-order valence-corrected chi connectivity index (χ3v) is 3.81. The van der Waals surface area contributed by atoms with Gasteiger partial charge in [-0.25, -0.2) is 0 Å². The molecule has 0 saturated heterocycles. The second-order valence-electron chi connectivity index (χ2n) is 4.97. The van der Waals surface area contributed by atoms with Crippen molar-refractivity contribution in [2.75, 3.05) is 12.4 Å². The SMILES string of the molecule is COc1cc(C=C(C#N)C(=O)Nc2cccc(Cl)c2C)ccc1O. The molecule has 0 atom stereocenters. The number of ether oxygens (including phenoxy) is 1. The fourth-order valence-electron chi connectivity index (χ4n) is 2.03. The quantitative estimate of drug-likeness (QED) is 0.652. The summed E-state index contributed by atoms with van der Waals surface area (Å²) in [7, 11) is 1.42. The lowest BCUT2D eigenvalue weighted by atomic mass is 10.1. The van der Waals surface area contributed by atoms with Crippen molar-refractivity contribution in [1.29, 1.82) is 5.26 Å². The van der Waals surface area contributed by atoms with Gasteiger partial charge in [0.25, 0.3) is 5.91 Å². The molecule has 0 fully saturated rings. The summed E-state index contributed by atoms with van der Waals surface area (Å²) in [6.45, 7) is 1.78. The van der Waals surface area contributed by atoms with E-state index in [0.717, 1.165) is 5.56 Å². The summed E-state index contributed by atoms with van der Waals surface area (Å²) in [5.74, 6) is -0.311. The third kappa shape index (κ3) is 3.86. The van der Waals surface area contributed by atoms with Gasteiger partial charge in [0.05, 0.1) is 7.11 Å². The van der Waals surface area contributed by atoms with Gasteiger partial charge in [0, 0.05) is 10.7 Å². The van der Waals surface area contributed by atoms with Crippen molar-refractivity contribution in [2.24, 2.45) is 0 Å². The normalized spacial score (nSPS) is 10.8. The summed E-state index contributed by atoms with van der Waals surface area (Å²) in [6, 6.07) is 11.5. The van der Waals surface area contributed by atoms with Gasteiger partial charge in [-0.3, -0.25) is 4.79 Å². The molecule has 2 aromatic carbocycles. The van der Waals surface area contributed by atoms with Crippen molar-refractivity contribution in [1.82, 2.24) is 0 Å². The molecule has 6 heteroatoms. The molecular weight excluding hydrogens is 328 g/mol. The molecule has 0 heterocycles. The van der Waals surface area contributed by atoms with Crippen LogP contribution in [0.15, 0.2) is 42.0 Å². The van der Waals surface area contributed by atoms with Crippen LogP contribution >= 0.6 is 11.6 Å². The zero-order valence-corrected chi connectivity index (χ0v) is 13.9. The fraction of sp³-hybridized carbons (Fsp3) is 0.111. The van der Waals surface area contributed by atoms with E-state index in [1.807, 2.05) is 6.07 Å². The van der Waals surface area contributed by atoms with Gasteiger partial charge in [0.15, 0.2) is 11.5 Å². The molecule has 0 radical (unpaired) electrons. The van der Waals surface area contributed by atoms with E-state index >= 15 is 0 Å². The number of nitrogens with one attached hydrogen (secondary N) is 1. The van der Waals surface area contributed by atoms with Crippen molar-refractivity contribution in [3.8, 4) is 17.6 Å². The van der Waals surface area contributed by atoms with Crippen molar-refractivity contribution in [3.63, 3.8) is 0 Å². The molecule has 2 N–H and O–H groups in total. The number of methoxy groups -OCH3 is 1. The first-order valence-corrected chi connectivity index (χ1v) is 7.39. The molecule has 0 unspecified atom stereocenters. The molecule has 0 bridgehead atoms. The van der Waals surface area contributed by atoms with Crippen LogP contribution in [-0.4, -0.2) is 18.1 Å². The monoisotopic (exact) mass is 342 g/mol. The molecule has 0 spiro atoms. The summed E-state index contributed by atoms with van der Waals surface area (Å²) < 4.78 is 5.01. The van der Waals surface area contributed by atoms with Crippen LogP contribution in [0.4, 0.5) is 5.69 Å². The van der Waals surface area contributed by atoms with E-state index in [4.69, 9.17) is 16.3 Å². The molecule has 0 aliphatic rings. The Morgan fingerprint density at radius 2 is 2.12 bits per heavy atom. The van der Waals surface area contributed by atoms with E-state index in [0.29, 0.717) is 16.3 Å². The highest BCUT2D eigenvalue weighted by Crippen LogP contribution is 2.27. The van der Waals surface area contributed by atoms with Gasteiger partial charge >= 0.3 is 0 Å². The van der Waals surface area contributed by atoms with E-state index in [-0.39, 0.29) is 17.1 Å². The number of phenols is 1. The zero-order valence-electron chi connectivity index (χ0n) is 13.1. The maximum absolute atomic E-state index is 12.3. The minimum Gasteiger partial charge on any atom is -0.504 e. The molecule has 0 aliphatic carbocycles. The molecule has 2 aromatic rings. The average Bonchev–Trinajstić information content (AvgIpc) is 2.58. The number of aromatic hydroxyl groups is 1. The lowest BCUT2D eigenvalue weighted by Gasteiger charge is -2.09. The topological polar surface area (TPSA) is 82.3 Å². The highest BCUT2D eigenvalue weighted by molar-refractivity contribution is 6.31. The van der Waals surface area contributed by atoms with E-state index in [1.54, 1.807) is 31.2 Å². The number of benzene rings is 2. The van der Waals surface area contributed by atoms with E-state index in [1.165, 1.54) is 25.3 Å². The molecule has 5 nitrogen and oxygen atoms in total. The first-order chi connectivity index (χ1) is 11.5. The first-order valence-electron chi connectivity index (χ1n) is 7.01. The van der Waals surface area contributed by atoms with Gasteiger partial charge in [-0.1, -0.05) is 23.7 Å². The zero-order chi connectivity index (χ0) is 17.7. The second-order valence-corrected chi connectivity index (χ2v) is 5.37. The summed E-state index contributed by atoms with van der Waals surface area (Å²) >= 11 is 6.02. The van der Waals surface area contributed by atoms with Gasteiger partial charge in [-0.2, -0.15) is 5.26 Å². The predicted molar refractivity (Wildman–Crippen MR) is 93.1 cm³/mol. The lowest BCUT2D eigenvalue weighted by molar-refractivity contribution is -0.112. The molecule has 24 heavy (non-hydrogen) atoms. The molecular formula is C18H15ClN2O3. The standard InChI is InChI=1S/C18H15ClN2O3/c1-11-14(19)4-3-5-15(11)21-18(23)13(10-20)8-12-6-7-16(22)17(9-12)24-2/h3-9,22H,1-2H3,(H,21,23). The number of nitriles is 1. The Bertz CT molecular complexity index is 854. The molecule has 1 amide bonds. The highest BCUT2D eigenvalue weighted by Gasteiger charge is 2.12. The van der Waals surface area contributed by atoms with Crippen LogP contribution in [-0.2, 0) is 4.79 Å². The van der Waals surface area contributed by atoms with Gasteiger partial charge in [-0.15, -0.1) is 0 Å². The van der Waals surface area contributed by atoms with Crippen LogP contribution in [0.5, 0.6) is 11.5 Å². The first kappa shape index (κ1) is 17.4. The van der Waals surface area contributed by atoms with Crippen LogP contribution in [0.2, 0.25) is 5.02 Å². The molecule has 2 rings (SSSR count). The minimum absolute atomic E-state index is 0.0211. The number of carbonyl (C=O) groups is 1. The van der Waals surface area contributed by atoms with Gasteiger partial charge in [0.2, 0.25) is 0 Å². The minimum atomic E-state index is -0.546. The smallest absolute Gasteiger partial charge is 0.266 e. The van der Waals surface area contributed by atoms with E-state index in [2.05, 4.69) is 5.32 Å². The highest BCUT2D eigenvalue weighted by atomic mass is 35.5. The van der Waals surface area contributed by atoms with Crippen molar-refractivity contribution >= 4 is 29.3 Å². The summed E-state index contributed by atoms with van der Waals surface area (Å²) in [6.07, 6.45) is 1.41. The number of anilines is 1. The summed E-state index contributed by atoms with van der Waals surface area (Å²) in [4.78, 5) is 12.3. The van der Waals surface area contributed by atoms with Gasteiger partial charge in [-0.05, 0) is 48.4 Å². The third-order valence-electron chi connectivity index (χ3n) is 3.40. The fourth-order valence-corrected chi connectivity index (χ4v) is 2.21. The maximum atomic E-state index is 12.3. The van der Waals surface area contributed by atoms with E-state index < -0.39 is 5.91 Å². The Labute approximate surface area is 144 Å². The van der Waals surface area contributed by atoms with Crippen LogP contribution in [0.3, 0.4) is 0 Å². The molecule has 0 aromatic heterocycles. The second kappa shape index (κ2) is 7.53.